The summed E-state index contributed by atoms with van der Waals surface area (Å²) in [7, 11) is 0. The third kappa shape index (κ3) is 3.17. The van der Waals surface area contributed by atoms with Gasteiger partial charge in [0.25, 0.3) is 0 Å². The van der Waals surface area contributed by atoms with E-state index in [0.717, 1.165) is 47.2 Å². The third-order valence-electron chi connectivity index (χ3n) is 5.36. The van der Waals surface area contributed by atoms with Crippen LogP contribution in [-0.2, 0) is 13.0 Å². The Morgan fingerprint density at radius 1 is 1.10 bits per heavy atom. The largest absolute Gasteiger partial charge is 0.471 e. The smallest absolute Gasteiger partial charge is 0.336 e. The molecular formula is C22H20ClNO5. The number of aryl methyl sites for hydroxylation is 1. The Bertz CT molecular complexity index is 1160. The molecule has 6 nitrogen and oxygen atoms in total. The van der Waals surface area contributed by atoms with Crippen LogP contribution in [0.3, 0.4) is 0 Å². The van der Waals surface area contributed by atoms with Crippen LogP contribution in [0.25, 0.3) is 11.0 Å². The van der Waals surface area contributed by atoms with Crippen molar-refractivity contribution in [3.05, 3.63) is 56.9 Å². The van der Waals surface area contributed by atoms with Crippen LogP contribution < -0.4 is 24.7 Å². The van der Waals surface area contributed by atoms with E-state index in [1.165, 1.54) is 0 Å². The van der Waals surface area contributed by atoms with Gasteiger partial charge in [-0.05, 0) is 36.6 Å². The lowest BCUT2D eigenvalue weighted by Gasteiger charge is -2.31. The molecule has 1 aromatic heterocycles. The van der Waals surface area contributed by atoms with Crippen LogP contribution in [0.1, 0.15) is 30.9 Å². The molecule has 7 heteroatoms. The molecule has 0 fully saturated rings. The third-order valence-corrected chi connectivity index (χ3v) is 5.64. The van der Waals surface area contributed by atoms with Gasteiger partial charge in [0.2, 0.25) is 6.79 Å². The second-order valence-electron chi connectivity index (χ2n) is 7.25. The Morgan fingerprint density at radius 2 is 1.97 bits per heavy atom. The standard InChI is InChI=1S/C22H20ClNO5/c1-2-3-4-13-7-20(25)29-21-15(13)9-17(23)22-16(21)10-24(11-26-22)14-5-6-18-19(8-14)28-12-27-18/h5-9H,2-4,10-12H2,1H3. The molecule has 2 aromatic carbocycles. The number of fused-ring (bicyclic) bond motifs is 4. The second-order valence-corrected chi connectivity index (χ2v) is 7.65. The molecule has 0 saturated heterocycles. The fourth-order valence-electron chi connectivity index (χ4n) is 3.87. The Hall–Kier alpha value is -2.86. The van der Waals surface area contributed by atoms with Crippen molar-refractivity contribution in [2.24, 2.45) is 0 Å². The van der Waals surface area contributed by atoms with E-state index >= 15 is 0 Å². The summed E-state index contributed by atoms with van der Waals surface area (Å²) in [5.41, 5.74) is 2.87. The molecule has 150 valence electrons. The van der Waals surface area contributed by atoms with Gasteiger partial charge in [0, 0.05) is 23.2 Å². The average Bonchev–Trinajstić information content (AvgIpc) is 3.20. The predicted octanol–water partition coefficient (Wildman–Crippen LogP) is 4.87. The van der Waals surface area contributed by atoms with Gasteiger partial charge in [0.15, 0.2) is 18.2 Å². The Morgan fingerprint density at radius 3 is 2.83 bits per heavy atom. The Kier molecular flexibility index (Phi) is 4.51. The van der Waals surface area contributed by atoms with Gasteiger partial charge < -0.3 is 23.5 Å². The predicted molar refractivity (Wildman–Crippen MR) is 110 cm³/mol. The molecule has 0 atom stereocenters. The first kappa shape index (κ1) is 18.2. The molecule has 0 bridgehead atoms. The van der Waals surface area contributed by atoms with Crippen LogP contribution >= 0.6 is 11.6 Å². The van der Waals surface area contributed by atoms with Gasteiger partial charge in [-0.25, -0.2) is 4.79 Å². The number of rotatable bonds is 4. The highest BCUT2D eigenvalue weighted by Gasteiger charge is 2.26. The van der Waals surface area contributed by atoms with Gasteiger partial charge in [-0.3, -0.25) is 0 Å². The van der Waals surface area contributed by atoms with E-state index in [4.69, 9.17) is 30.2 Å². The number of benzene rings is 2. The summed E-state index contributed by atoms with van der Waals surface area (Å²) >= 11 is 6.54. The number of hydrogen-bond acceptors (Lipinski definition) is 6. The van der Waals surface area contributed by atoms with Crippen molar-refractivity contribution in [2.45, 2.75) is 32.7 Å². The zero-order valence-electron chi connectivity index (χ0n) is 16.0. The highest BCUT2D eigenvalue weighted by atomic mass is 35.5. The lowest BCUT2D eigenvalue weighted by atomic mass is 10.0. The number of halogens is 1. The quantitative estimate of drug-likeness (QED) is 0.568. The van der Waals surface area contributed by atoms with Gasteiger partial charge >= 0.3 is 5.63 Å². The van der Waals surface area contributed by atoms with Crippen molar-refractivity contribution in [3.8, 4) is 17.2 Å². The van der Waals surface area contributed by atoms with E-state index in [9.17, 15) is 4.79 Å². The second kappa shape index (κ2) is 7.19. The van der Waals surface area contributed by atoms with E-state index in [0.29, 0.717) is 35.4 Å². The number of ether oxygens (including phenoxy) is 3. The zero-order valence-corrected chi connectivity index (χ0v) is 16.8. The number of unbranched alkanes of at least 4 members (excludes halogenated alkanes) is 1. The van der Waals surface area contributed by atoms with Gasteiger partial charge in [-0.2, -0.15) is 0 Å². The monoisotopic (exact) mass is 413 g/mol. The zero-order chi connectivity index (χ0) is 20.0. The summed E-state index contributed by atoms with van der Waals surface area (Å²) in [5, 5.41) is 1.40. The van der Waals surface area contributed by atoms with Crippen molar-refractivity contribution in [1.82, 2.24) is 0 Å². The van der Waals surface area contributed by atoms with Gasteiger partial charge in [-0.1, -0.05) is 24.9 Å². The molecule has 5 rings (SSSR count). The molecule has 0 N–H and O–H groups in total. The Labute approximate surface area is 172 Å². The van der Waals surface area contributed by atoms with Crippen LogP contribution in [0.15, 0.2) is 39.5 Å². The maximum absolute atomic E-state index is 12.2. The summed E-state index contributed by atoms with van der Waals surface area (Å²) in [4.78, 5) is 14.3. The Balaban J connectivity index is 1.59. The highest BCUT2D eigenvalue weighted by molar-refractivity contribution is 6.33. The van der Waals surface area contributed by atoms with Crippen molar-refractivity contribution in [1.29, 1.82) is 0 Å². The van der Waals surface area contributed by atoms with E-state index in [2.05, 4.69) is 6.92 Å². The number of anilines is 1. The lowest BCUT2D eigenvalue weighted by molar-refractivity contribution is 0.174. The fourth-order valence-corrected chi connectivity index (χ4v) is 4.15. The summed E-state index contributed by atoms with van der Waals surface area (Å²) in [5.74, 6) is 2.01. The molecule has 0 saturated carbocycles. The summed E-state index contributed by atoms with van der Waals surface area (Å²) in [6.45, 7) is 3.19. The van der Waals surface area contributed by atoms with E-state index < -0.39 is 0 Å². The minimum absolute atomic E-state index is 0.226. The van der Waals surface area contributed by atoms with Gasteiger partial charge in [-0.15, -0.1) is 0 Å². The average molecular weight is 414 g/mol. The molecule has 29 heavy (non-hydrogen) atoms. The van der Waals surface area contributed by atoms with Crippen LogP contribution in [0.5, 0.6) is 17.2 Å². The first-order valence-electron chi connectivity index (χ1n) is 9.69. The van der Waals surface area contributed by atoms with E-state index in [1.54, 1.807) is 6.07 Å². The molecule has 0 spiro atoms. The van der Waals surface area contributed by atoms with Crippen molar-refractivity contribution >= 4 is 28.3 Å². The molecule has 0 radical (unpaired) electrons. The number of nitrogens with zero attached hydrogens (tertiary/aromatic N) is 1. The molecule has 0 amide bonds. The highest BCUT2D eigenvalue weighted by Crippen LogP contribution is 2.42. The minimum Gasteiger partial charge on any atom is -0.471 e. The number of hydrogen-bond donors (Lipinski definition) is 0. The van der Waals surface area contributed by atoms with Crippen LogP contribution in [0.4, 0.5) is 5.69 Å². The molecule has 3 heterocycles. The van der Waals surface area contributed by atoms with Gasteiger partial charge in [0.05, 0.1) is 17.1 Å². The molecule has 0 unspecified atom stereocenters. The van der Waals surface area contributed by atoms with Crippen molar-refractivity contribution in [3.63, 3.8) is 0 Å². The first-order chi connectivity index (χ1) is 14.1. The lowest BCUT2D eigenvalue weighted by Crippen LogP contribution is -2.32. The summed E-state index contributed by atoms with van der Waals surface area (Å²) < 4.78 is 22.5. The molecule has 2 aliphatic heterocycles. The summed E-state index contributed by atoms with van der Waals surface area (Å²) in [6.07, 6.45) is 2.84. The minimum atomic E-state index is -0.353. The van der Waals surface area contributed by atoms with Crippen LogP contribution in [-0.4, -0.2) is 13.5 Å². The fraction of sp³-hybridized carbons (Fsp3) is 0.318. The molecule has 2 aliphatic rings. The topological polar surface area (TPSA) is 61.1 Å². The maximum atomic E-state index is 12.2. The van der Waals surface area contributed by atoms with Crippen LogP contribution in [0, 0.1) is 0 Å². The van der Waals surface area contributed by atoms with Crippen LogP contribution in [0.2, 0.25) is 5.02 Å². The van der Waals surface area contributed by atoms with Gasteiger partial charge in [0.1, 0.15) is 11.3 Å². The van der Waals surface area contributed by atoms with Crippen molar-refractivity contribution < 1.29 is 18.6 Å². The van der Waals surface area contributed by atoms with E-state index in [1.807, 2.05) is 29.2 Å². The molecular weight excluding hydrogens is 394 g/mol. The SMILES string of the molecule is CCCCc1cc(=O)oc2c3c(c(Cl)cc12)OCN(c1ccc2c(c1)OCO2)C3. The maximum Gasteiger partial charge on any atom is 0.336 e. The molecule has 0 aliphatic carbocycles. The summed E-state index contributed by atoms with van der Waals surface area (Å²) in [6, 6.07) is 9.18. The van der Waals surface area contributed by atoms with E-state index in [-0.39, 0.29) is 12.4 Å². The molecule has 3 aromatic rings. The normalized spacial score (nSPS) is 14.8. The van der Waals surface area contributed by atoms with Crippen molar-refractivity contribution in [2.75, 3.05) is 18.4 Å². The first-order valence-corrected chi connectivity index (χ1v) is 10.1.